The molecule has 8 heteroatoms. The van der Waals surface area contributed by atoms with E-state index in [4.69, 9.17) is 19.6 Å². The van der Waals surface area contributed by atoms with Crippen molar-refractivity contribution in [2.45, 2.75) is 26.9 Å². The van der Waals surface area contributed by atoms with Gasteiger partial charge < -0.3 is 19.4 Å². The molecule has 0 fully saturated rings. The first-order valence-corrected chi connectivity index (χ1v) is 12.0. The molecule has 0 atom stereocenters. The third kappa shape index (κ3) is 4.91. The molecular weight excluding hydrogens is 466 g/mol. The maximum atomic E-state index is 12.8. The zero-order valence-electron chi connectivity index (χ0n) is 21.4. The standard InChI is InChI=1S/C29H29N5O3/c1-19-15-20(2)31-27-26(19)28(33-13-5-6-14-33)32-34(27)18-21-7-9-22(10-8-21)29(35)30-17-23-11-12-24(36-3)16-25(23)37-4/h5-16H,17-18H2,1-4H3,(H,30,35). The highest BCUT2D eigenvalue weighted by Gasteiger charge is 2.17. The van der Waals surface area contributed by atoms with E-state index < -0.39 is 0 Å². The topological polar surface area (TPSA) is 83.2 Å². The van der Waals surface area contributed by atoms with Crippen LogP contribution in [0.2, 0.25) is 0 Å². The highest BCUT2D eigenvalue weighted by Crippen LogP contribution is 2.26. The number of amides is 1. The second-order valence-electron chi connectivity index (χ2n) is 8.91. The molecular formula is C29H29N5O3. The van der Waals surface area contributed by atoms with Gasteiger partial charge >= 0.3 is 0 Å². The van der Waals surface area contributed by atoms with Crippen molar-refractivity contribution in [3.8, 4) is 17.3 Å². The summed E-state index contributed by atoms with van der Waals surface area (Å²) in [5, 5.41) is 8.89. The maximum absolute atomic E-state index is 12.8. The molecule has 5 aromatic rings. The Morgan fingerprint density at radius 1 is 0.973 bits per heavy atom. The van der Waals surface area contributed by atoms with E-state index in [0.717, 1.165) is 39.2 Å². The van der Waals surface area contributed by atoms with E-state index in [-0.39, 0.29) is 5.91 Å². The molecule has 3 heterocycles. The van der Waals surface area contributed by atoms with Crippen LogP contribution in [0.15, 0.2) is 73.1 Å². The lowest BCUT2D eigenvalue weighted by atomic mass is 10.1. The molecule has 0 saturated heterocycles. The molecule has 3 aromatic heterocycles. The predicted octanol–water partition coefficient (Wildman–Crippen LogP) is 4.83. The summed E-state index contributed by atoms with van der Waals surface area (Å²) in [5.41, 5.74) is 5.41. The minimum absolute atomic E-state index is 0.156. The van der Waals surface area contributed by atoms with Crippen LogP contribution in [0.4, 0.5) is 0 Å². The molecule has 37 heavy (non-hydrogen) atoms. The highest BCUT2D eigenvalue weighted by atomic mass is 16.5. The monoisotopic (exact) mass is 495 g/mol. The first kappa shape index (κ1) is 24.1. The summed E-state index contributed by atoms with van der Waals surface area (Å²) >= 11 is 0. The number of ether oxygens (including phenoxy) is 2. The number of hydrogen-bond donors (Lipinski definition) is 1. The van der Waals surface area contributed by atoms with E-state index in [1.54, 1.807) is 20.3 Å². The van der Waals surface area contributed by atoms with Gasteiger partial charge in [0.05, 0.1) is 26.2 Å². The molecule has 2 aromatic carbocycles. The van der Waals surface area contributed by atoms with Crippen molar-refractivity contribution in [3.05, 3.63) is 101 Å². The first-order valence-electron chi connectivity index (χ1n) is 12.0. The van der Waals surface area contributed by atoms with Crippen molar-refractivity contribution in [2.24, 2.45) is 0 Å². The van der Waals surface area contributed by atoms with Crippen LogP contribution in [0, 0.1) is 13.8 Å². The number of nitrogens with one attached hydrogen (secondary N) is 1. The minimum Gasteiger partial charge on any atom is -0.497 e. The van der Waals surface area contributed by atoms with Gasteiger partial charge in [0.25, 0.3) is 5.91 Å². The number of nitrogens with zero attached hydrogens (tertiary/aromatic N) is 4. The molecule has 0 spiro atoms. The Balaban J connectivity index is 1.34. The lowest BCUT2D eigenvalue weighted by Gasteiger charge is -2.11. The number of pyridine rings is 1. The predicted molar refractivity (Wildman–Crippen MR) is 143 cm³/mol. The zero-order valence-corrected chi connectivity index (χ0v) is 21.4. The maximum Gasteiger partial charge on any atom is 0.251 e. The van der Waals surface area contributed by atoms with Crippen LogP contribution in [0.1, 0.15) is 32.7 Å². The molecule has 188 valence electrons. The number of carbonyl (C=O) groups is 1. The summed E-state index contributed by atoms with van der Waals surface area (Å²) in [6, 6.07) is 19.1. The lowest BCUT2D eigenvalue weighted by Crippen LogP contribution is -2.23. The average Bonchev–Trinajstić information content (AvgIpc) is 3.56. The summed E-state index contributed by atoms with van der Waals surface area (Å²) in [5.74, 6) is 2.07. The number of aryl methyl sites for hydroxylation is 2. The van der Waals surface area contributed by atoms with Gasteiger partial charge in [-0.2, -0.15) is 5.10 Å². The van der Waals surface area contributed by atoms with Gasteiger partial charge in [0.15, 0.2) is 11.5 Å². The number of fused-ring (bicyclic) bond motifs is 1. The molecule has 0 aliphatic rings. The van der Waals surface area contributed by atoms with Gasteiger partial charge in [-0.15, -0.1) is 0 Å². The summed E-state index contributed by atoms with van der Waals surface area (Å²) in [4.78, 5) is 17.6. The second-order valence-corrected chi connectivity index (χ2v) is 8.91. The number of hydrogen-bond acceptors (Lipinski definition) is 5. The van der Waals surface area contributed by atoms with E-state index in [2.05, 4.69) is 18.3 Å². The van der Waals surface area contributed by atoms with E-state index in [0.29, 0.717) is 30.2 Å². The minimum atomic E-state index is -0.156. The quantitative estimate of drug-likeness (QED) is 0.333. The summed E-state index contributed by atoms with van der Waals surface area (Å²) in [6.07, 6.45) is 3.97. The van der Waals surface area contributed by atoms with Gasteiger partial charge in [-0.25, -0.2) is 9.67 Å². The van der Waals surface area contributed by atoms with Crippen molar-refractivity contribution < 1.29 is 14.3 Å². The Labute approximate surface area is 215 Å². The molecule has 0 bridgehead atoms. The van der Waals surface area contributed by atoms with E-state index in [1.807, 2.05) is 77.1 Å². The van der Waals surface area contributed by atoms with Crippen LogP contribution in [0.25, 0.3) is 16.9 Å². The van der Waals surface area contributed by atoms with Crippen LogP contribution in [0.5, 0.6) is 11.5 Å². The number of methoxy groups -OCH3 is 2. The number of aromatic nitrogens is 4. The average molecular weight is 496 g/mol. The highest BCUT2D eigenvalue weighted by molar-refractivity contribution is 5.94. The van der Waals surface area contributed by atoms with E-state index >= 15 is 0 Å². The molecule has 0 aliphatic heterocycles. The number of benzene rings is 2. The SMILES string of the molecule is COc1ccc(CNC(=O)c2ccc(Cn3nc(-n4cccc4)c4c(C)cc(C)nc43)cc2)c(OC)c1. The van der Waals surface area contributed by atoms with Crippen LogP contribution in [-0.2, 0) is 13.1 Å². The summed E-state index contributed by atoms with van der Waals surface area (Å²) in [6.45, 7) is 4.97. The largest absolute Gasteiger partial charge is 0.497 e. The van der Waals surface area contributed by atoms with Gasteiger partial charge in [0.2, 0.25) is 0 Å². The van der Waals surface area contributed by atoms with Gasteiger partial charge in [-0.3, -0.25) is 4.79 Å². The summed E-state index contributed by atoms with van der Waals surface area (Å²) < 4.78 is 14.6. The Kier molecular flexibility index (Phi) is 6.64. The van der Waals surface area contributed by atoms with Crippen molar-refractivity contribution >= 4 is 16.9 Å². The fraction of sp³-hybridized carbons (Fsp3) is 0.207. The Morgan fingerprint density at radius 2 is 1.73 bits per heavy atom. The Bertz CT molecular complexity index is 1550. The number of rotatable bonds is 8. The number of carbonyl (C=O) groups excluding carboxylic acids is 1. The zero-order chi connectivity index (χ0) is 25.9. The normalized spacial score (nSPS) is 11.0. The van der Waals surface area contributed by atoms with E-state index in [1.165, 1.54) is 0 Å². The van der Waals surface area contributed by atoms with Crippen LogP contribution in [-0.4, -0.2) is 39.5 Å². The molecule has 8 nitrogen and oxygen atoms in total. The van der Waals surface area contributed by atoms with Gasteiger partial charge in [0.1, 0.15) is 11.5 Å². The van der Waals surface area contributed by atoms with Gasteiger partial charge in [0, 0.05) is 41.8 Å². The molecule has 0 unspecified atom stereocenters. The second kappa shape index (κ2) is 10.2. The van der Waals surface area contributed by atoms with Crippen molar-refractivity contribution in [1.29, 1.82) is 0 Å². The first-order chi connectivity index (χ1) is 18.0. The van der Waals surface area contributed by atoms with Crippen LogP contribution in [0.3, 0.4) is 0 Å². The molecule has 1 N–H and O–H groups in total. The Morgan fingerprint density at radius 3 is 2.43 bits per heavy atom. The molecule has 0 saturated carbocycles. The van der Waals surface area contributed by atoms with Crippen LogP contribution >= 0.6 is 0 Å². The van der Waals surface area contributed by atoms with Crippen molar-refractivity contribution in [1.82, 2.24) is 24.6 Å². The van der Waals surface area contributed by atoms with Crippen LogP contribution < -0.4 is 14.8 Å². The fourth-order valence-corrected chi connectivity index (χ4v) is 4.47. The third-order valence-corrected chi connectivity index (χ3v) is 6.34. The van der Waals surface area contributed by atoms with Gasteiger partial charge in [-0.1, -0.05) is 12.1 Å². The van der Waals surface area contributed by atoms with E-state index in [9.17, 15) is 4.79 Å². The Hall–Kier alpha value is -4.59. The van der Waals surface area contributed by atoms with Crippen molar-refractivity contribution in [2.75, 3.05) is 14.2 Å². The third-order valence-electron chi connectivity index (χ3n) is 6.34. The molecule has 0 radical (unpaired) electrons. The molecule has 1 amide bonds. The van der Waals surface area contributed by atoms with Gasteiger partial charge in [-0.05, 0) is 67.4 Å². The molecule has 5 rings (SSSR count). The van der Waals surface area contributed by atoms with Crippen molar-refractivity contribution in [3.63, 3.8) is 0 Å². The smallest absolute Gasteiger partial charge is 0.251 e. The molecule has 0 aliphatic carbocycles. The summed E-state index contributed by atoms with van der Waals surface area (Å²) in [7, 11) is 3.20. The fourth-order valence-electron chi connectivity index (χ4n) is 4.47. The lowest BCUT2D eigenvalue weighted by molar-refractivity contribution is 0.0950.